The number of thiophene rings is 1. The smallest absolute Gasteiger partial charge is 0.245 e. The molecule has 2 rings (SSSR count). The Morgan fingerprint density at radius 1 is 1.43 bits per heavy atom. The summed E-state index contributed by atoms with van der Waals surface area (Å²) >= 11 is 1.08. The molecule has 2 N–H and O–H groups in total. The molecule has 0 radical (unpaired) electrons. The highest BCUT2D eigenvalue weighted by atomic mass is 35.5. The van der Waals surface area contributed by atoms with Crippen molar-refractivity contribution in [1.29, 1.82) is 0 Å². The highest BCUT2D eigenvalue weighted by Gasteiger charge is 2.11. The quantitative estimate of drug-likeness (QED) is 0.831. The first-order valence-electron chi connectivity index (χ1n) is 3.45. The van der Waals surface area contributed by atoms with E-state index < -0.39 is 10.0 Å². The molecule has 4 nitrogen and oxygen atoms in total. The van der Waals surface area contributed by atoms with Gasteiger partial charge in [0.25, 0.3) is 0 Å². The van der Waals surface area contributed by atoms with Crippen molar-refractivity contribution in [2.45, 2.75) is 4.21 Å². The lowest BCUT2D eigenvalue weighted by Crippen LogP contribution is -2.09. The van der Waals surface area contributed by atoms with Gasteiger partial charge in [0.15, 0.2) is 0 Å². The molecule has 0 aliphatic carbocycles. The molecule has 0 fully saturated rings. The lowest BCUT2D eigenvalue weighted by molar-refractivity contribution is 0.600. The van der Waals surface area contributed by atoms with Crippen LogP contribution in [-0.2, 0) is 10.0 Å². The van der Waals surface area contributed by atoms with Gasteiger partial charge in [-0.3, -0.25) is 0 Å². The van der Waals surface area contributed by atoms with E-state index in [1.165, 1.54) is 6.07 Å². The van der Waals surface area contributed by atoms with Crippen molar-refractivity contribution < 1.29 is 8.42 Å². The number of aromatic nitrogens is 1. The molecule has 2 heterocycles. The molecule has 0 unspecified atom stereocenters. The molecule has 14 heavy (non-hydrogen) atoms. The standard InChI is InChI=1S/C7H6N2O2S2.ClH/c8-13(10,11)6-4-5-2-1-3-9-7(5)12-6;/h1-4H,(H2,8,10,11);1H. The Hall–Kier alpha value is -0.690. The molecule has 7 heteroatoms. The fourth-order valence-corrected chi connectivity index (χ4v) is 2.72. The minimum atomic E-state index is -3.59. The van der Waals surface area contributed by atoms with Gasteiger partial charge in [-0.05, 0) is 12.1 Å². The van der Waals surface area contributed by atoms with Crippen LogP contribution in [0, 0.1) is 0 Å². The highest BCUT2D eigenvalue weighted by Crippen LogP contribution is 2.25. The zero-order chi connectivity index (χ0) is 9.47. The fourth-order valence-electron chi connectivity index (χ4n) is 0.990. The summed E-state index contributed by atoms with van der Waals surface area (Å²) in [5.41, 5.74) is 0. The van der Waals surface area contributed by atoms with Crippen molar-refractivity contribution in [3.05, 3.63) is 24.4 Å². The average Bonchev–Trinajstić information content (AvgIpc) is 2.45. The maximum atomic E-state index is 11.0. The molecule has 2 aromatic rings. The predicted molar refractivity (Wildman–Crippen MR) is 58.2 cm³/mol. The first-order chi connectivity index (χ1) is 6.07. The van der Waals surface area contributed by atoms with Crippen molar-refractivity contribution in [3.8, 4) is 0 Å². The summed E-state index contributed by atoms with van der Waals surface area (Å²) in [7, 11) is -3.59. The first-order valence-corrected chi connectivity index (χ1v) is 5.81. The van der Waals surface area contributed by atoms with E-state index in [-0.39, 0.29) is 16.6 Å². The lowest BCUT2D eigenvalue weighted by Gasteiger charge is -1.86. The largest absolute Gasteiger partial charge is 0.247 e. The Morgan fingerprint density at radius 3 is 2.71 bits per heavy atom. The number of hydrogen-bond acceptors (Lipinski definition) is 4. The second-order valence-corrected chi connectivity index (χ2v) is 5.33. The minimum Gasteiger partial charge on any atom is -0.245 e. The molecule has 0 atom stereocenters. The maximum absolute atomic E-state index is 11.0. The molecule has 0 saturated heterocycles. The zero-order valence-electron chi connectivity index (χ0n) is 6.88. The van der Waals surface area contributed by atoms with Gasteiger partial charge in [-0.1, -0.05) is 6.07 Å². The molecule has 0 aliphatic rings. The van der Waals surface area contributed by atoms with Crippen LogP contribution in [0.25, 0.3) is 10.2 Å². The summed E-state index contributed by atoms with van der Waals surface area (Å²) < 4.78 is 22.1. The van der Waals surface area contributed by atoms with E-state index in [2.05, 4.69) is 4.98 Å². The second kappa shape index (κ2) is 3.82. The van der Waals surface area contributed by atoms with Crippen LogP contribution in [0.4, 0.5) is 0 Å². The number of halogens is 1. The summed E-state index contributed by atoms with van der Waals surface area (Å²) in [5.74, 6) is 0. The van der Waals surface area contributed by atoms with Gasteiger partial charge in [0, 0.05) is 11.6 Å². The van der Waals surface area contributed by atoms with Crippen LogP contribution in [0.5, 0.6) is 0 Å². The van der Waals surface area contributed by atoms with E-state index in [4.69, 9.17) is 5.14 Å². The van der Waals surface area contributed by atoms with Crippen molar-refractivity contribution in [1.82, 2.24) is 4.98 Å². The molecular formula is C7H7ClN2O2S2. The van der Waals surface area contributed by atoms with Crippen molar-refractivity contribution in [2.75, 3.05) is 0 Å². The van der Waals surface area contributed by atoms with Gasteiger partial charge in [-0.25, -0.2) is 18.5 Å². The summed E-state index contributed by atoms with van der Waals surface area (Å²) in [6.45, 7) is 0. The fraction of sp³-hybridized carbons (Fsp3) is 0. The van der Waals surface area contributed by atoms with Crippen LogP contribution in [0.15, 0.2) is 28.6 Å². The topological polar surface area (TPSA) is 73.1 Å². The normalized spacial score (nSPS) is 11.2. The Balaban J connectivity index is 0.000000980. The number of rotatable bonds is 1. The van der Waals surface area contributed by atoms with Crippen LogP contribution in [-0.4, -0.2) is 13.4 Å². The van der Waals surface area contributed by atoms with Gasteiger partial charge < -0.3 is 0 Å². The van der Waals surface area contributed by atoms with Gasteiger partial charge in [0.2, 0.25) is 10.0 Å². The van der Waals surface area contributed by atoms with Crippen LogP contribution in [0.1, 0.15) is 0 Å². The molecular weight excluding hydrogens is 244 g/mol. The van der Waals surface area contributed by atoms with E-state index >= 15 is 0 Å². The minimum absolute atomic E-state index is 0. The van der Waals surface area contributed by atoms with Crippen LogP contribution in [0.2, 0.25) is 0 Å². The van der Waals surface area contributed by atoms with Crippen LogP contribution >= 0.6 is 23.7 Å². The summed E-state index contributed by atoms with van der Waals surface area (Å²) in [6, 6.07) is 5.08. The third-order valence-electron chi connectivity index (χ3n) is 1.55. The number of nitrogens with zero attached hydrogens (tertiary/aromatic N) is 1. The van der Waals surface area contributed by atoms with Gasteiger partial charge in [-0.2, -0.15) is 0 Å². The van der Waals surface area contributed by atoms with Gasteiger partial charge in [-0.15, -0.1) is 23.7 Å². The van der Waals surface area contributed by atoms with Crippen LogP contribution in [0.3, 0.4) is 0 Å². The lowest BCUT2D eigenvalue weighted by atomic mass is 10.4. The number of fused-ring (bicyclic) bond motifs is 1. The van der Waals surface area contributed by atoms with Gasteiger partial charge in [0.1, 0.15) is 9.04 Å². The molecule has 0 spiro atoms. The Bertz CT molecular complexity index is 517. The SMILES string of the molecule is Cl.NS(=O)(=O)c1cc2cccnc2s1. The van der Waals surface area contributed by atoms with Gasteiger partial charge in [0.05, 0.1) is 0 Å². The number of pyridine rings is 1. The Kier molecular flexibility index (Phi) is 3.10. The predicted octanol–water partition coefficient (Wildman–Crippen LogP) is 1.37. The van der Waals surface area contributed by atoms with Crippen LogP contribution < -0.4 is 5.14 Å². The third kappa shape index (κ3) is 2.03. The highest BCUT2D eigenvalue weighted by molar-refractivity contribution is 7.91. The van der Waals surface area contributed by atoms with E-state index in [1.54, 1.807) is 18.3 Å². The zero-order valence-corrected chi connectivity index (χ0v) is 9.32. The molecule has 0 bridgehead atoms. The van der Waals surface area contributed by atoms with Crippen molar-refractivity contribution in [3.63, 3.8) is 0 Å². The monoisotopic (exact) mass is 250 g/mol. The van der Waals surface area contributed by atoms with Crippen molar-refractivity contribution in [2.24, 2.45) is 5.14 Å². The third-order valence-corrected chi connectivity index (χ3v) is 4.03. The average molecular weight is 251 g/mol. The Morgan fingerprint density at radius 2 is 2.14 bits per heavy atom. The number of sulfonamides is 1. The van der Waals surface area contributed by atoms with E-state index in [0.29, 0.717) is 4.83 Å². The Labute approximate surface area is 91.2 Å². The van der Waals surface area contributed by atoms with E-state index in [0.717, 1.165) is 16.7 Å². The summed E-state index contributed by atoms with van der Waals surface area (Å²) in [5, 5.41) is 5.78. The second-order valence-electron chi connectivity index (χ2n) is 2.51. The van der Waals surface area contributed by atoms with E-state index in [9.17, 15) is 8.42 Å². The van der Waals surface area contributed by atoms with Crippen molar-refractivity contribution >= 4 is 44.0 Å². The number of hydrogen-bond donors (Lipinski definition) is 1. The molecule has 0 aromatic carbocycles. The number of primary sulfonamides is 1. The number of nitrogens with two attached hydrogens (primary N) is 1. The first kappa shape index (κ1) is 11.4. The molecule has 0 amide bonds. The van der Waals surface area contributed by atoms with E-state index in [1.807, 2.05) is 0 Å². The molecule has 0 saturated carbocycles. The maximum Gasteiger partial charge on any atom is 0.247 e. The summed E-state index contributed by atoms with van der Waals surface area (Å²) in [6.07, 6.45) is 1.62. The summed E-state index contributed by atoms with van der Waals surface area (Å²) in [4.78, 5) is 4.70. The molecule has 2 aromatic heterocycles. The molecule has 0 aliphatic heterocycles. The molecule has 76 valence electrons. The van der Waals surface area contributed by atoms with Gasteiger partial charge >= 0.3 is 0 Å².